The number of nitrogens with one attached hydrogen (secondary N) is 1. The molecule has 19 heavy (non-hydrogen) atoms. The first-order valence-electron chi connectivity index (χ1n) is 6.65. The van der Waals surface area contributed by atoms with Gasteiger partial charge in [0.15, 0.2) is 0 Å². The molecule has 1 saturated heterocycles. The van der Waals surface area contributed by atoms with Gasteiger partial charge in [0.1, 0.15) is 5.82 Å². The lowest BCUT2D eigenvalue weighted by molar-refractivity contribution is -0.119. The van der Waals surface area contributed by atoms with Crippen molar-refractivity contribution in [2.75, 3.05) is 0 Å². The Morgan fingerprint density at radius 2 is 2.21 bits per heavy atom. The van der Waals surface area contributed by atoms with E-state index in [4.69, 9.17) is 0 Å². The van der Waals surface area contributed by atoms with Gasteiger partial charge < -0.3 is 5.32 Å². The molecule has 4 heteroatoms. The molecule has 0 radical (unpaired) electrons. The molecule has 0 spiro atoms. The van der Waals surface area contributed by atoms with Crippen LogP contribution in [0.5, 0.6) is 0 Å². The lowest BCUT2D eigenvalue weighted by atomic mass is 9.82. The first-order chi connectivity index (χ1) is 8.90. The summed E-state index contributed by atoms with van der Waals surface area (Å²) in [6.07, 6.45) is 3.03. The zero-order chi connectivity index (χ0) is 14.0. The maximum atomic E-state index is 13.6. The number of hydrogen-bond donors (Lipinski definition) is 1. The Kier molecular flexibility index (Phi) is 4.29. The molecular weight excluding hydrogens is 309 g/mol. The number of carbonyl (C=O) groups is 1. The van der Waals surface area contributed by atoms with Crippen molar-refractivity contribution in [2.24, 2.45) is 5.92 Å². The Hall–Kier alpha value is -0.900. The van der Waals surface area contributed by atoms with Crippen LogP contribution in [0.3, 0.4) is 0 Å². The van der Waals surface area contributed by atoms with Crippen molar-refractivity contribution in [2.45, 2.75) is 45.1 Å². The zero-order valence-corrected chi connectivity index (χ0v) is 12.9. The van der Waals surface area contributed by atoms with Crippen LogP contribution in [0.1, 0.15) is 38.7 Å². The molecule has 0 aliphatic carbocycles. The van der Waals surface area contributed by atoms with Crippen LogP contribution >= 0.6 is 15.9 Å². The summed E-state index contributed by atoms with van der Waals surface area (Å²) < 4.78 is 14.1. The van der Waals surface area contributed by atoms with Crippen molar-refractivity contribution in [1.82, 2.24) is 5.32 Å². The van der Waals surface area contributed by atoms with Gasteiger partial charge in [0, 0.05) is 12.0 Å². The van der Waals surface area contributed by atoms with Crippen molar-refractivity contribution in [3.05, 3.63) is 34.1 Å². The average molecular weight is 328 g/mol. The van der Waals surface area contributed by atoms with Gasteiger partial charge in [0.2, 0.25) is 5.91 Å². The summed E-state index contributed by atoms with van der Waals surface area (Å²) in [5, 5.41) is 3.11. The number of amides is 1. The van der Waals surface area contributed by atoms with Gasteiger partial charge in [-0.1, -0.05) is 19.9 Å². The molecule has 1 aliphatic heterocycles. The summed E-state index contributed by atoms with van der Waals surface area (Å²) in [6, 6.07) is 5.20. The molecule has 1 atom stereocenters. The van der Waals surface area contributed by atoms with E-state index in [0.29, 0.717) is 23.2 Å². The van der Waals surface area contributed by atoms with Crippen LogP contribution in [0.25, 0.3) is 0 Å². The Morgan fingerprint density at radius 1 is 1.47 bits per heavy atom. The van der Waals surface area contributed by atoms with Gasteiger partial charge in [0.25, 0.3) is 0 Å². The highest BCUT2D eigenvalue weighted by molar-refractivity contribution is 9.10. The van der Waals surface area contributed by atoms with Gasteiger partial charge in [0.05, 0.1) is 4.47 Å². The molecule has 0 aromatic heterocycles. The molecule has 1 heterocycles. The highest BCUT2D eigenvalue weighted by atomic mass is 79.9. The predicted octanol–water partition coefficient (Wildman–Crippen LogP) is 3.83. The maximum absolute atomic E-state index is 13.6. The molecule has 104 valence electrons. The minimum absolute atomic E-state index is 0.109. The van der Waals surface area contributed by atoms with Gasteiger partial charge in [-0.3, -0.25) is 4.79 Å². The molecule has 1 fully saturated rings. The monoisotopic (exact) mass is 327 g/mol. The molecule has 1 unspecified atom stereocenters. The average Bonchev–Trinajstić information content (AvgIpc) is 2.64. The Balaban J connectivity index is 2.20. The quantitative estimate of drug-likeness (QED) is 0.894. The number of carbonyl (C=O) groups excluding carboxylic acids is 1. The fraction of sp³-hybridized carbons (Fsp3) is 0.533. The Morgan fingerprint density at radius 3 is 2.74 bits per heavy atom. The Bertz CT molecular complexity index is 489. The fourth-order valence-electron chi connectivity index (χ4n) is 2.95. The van der Waals surface area contributed by atoms with Gasteiger partial charge in [-0.2, -0.15) is 0 Å². The number of rotatable bonds is 4. The van der Waals surface area contributed by atoms with Crippen molar-refractivity contribution in [3.63, 3.8) is 0 Å². The van der Waals surface area contributed by atoms with Crippen LogP contribution in [-0.4, -0.2) is 11.4 Å². The van der Waals surface area contributed by atoms with Gasteiger partial charge >= 0.3 is 0 Å². The summed E-state index contributed by atoms with van der Waals surface area (Å²) in [6.45, 7) is 4.29. The molecule has 1 amide bonds. The van der Waals surface area contributed by atoms with Gasteiger partial charge in [-0.15, -0.1) is 0 Å². The van der Waals surface area contributed by atoms with Crippen LogP contribution in [0, 0.1) is 11.7 Å². The first kappa shape index (κ1) is 14.5. The molecule has 0 bridgehead atoms. The minimum atomic E-state index is -0.249. The third kappa shape index (κ3) is 3.56. The molecule has 2 nitrogen and oxygen atoms in total. The summed E-state index contributed by atoms with van der Waals surface area (Å²) >= 11 is 3.16. The van der Waals surface area contributed by atoms with Crippen LogP contribution in [0.15, 0.2) is 22.7 Å². The largest absolute Gasteiger partial charge is 0.350 e. The second kappa shape index (κ2) is 5.61. The number of hydrogen-bond acceptors (Lipinski definition) is 1. The van der Waals surface area contributed by atoms with E-state index in [1.54, 1.807) is 12.1 Å². The SMILES string of the molecule is CC(C)CC1(Cc2ccc(Br)c(F)c2)CCC(=O)N1. The minimum Gasteiger partial charge on any atom is -0.350 e. The molecule has 1 aliphatic rings. The highest BCUT2D eigenvalue weighted by Gasteiger charge is 2.38. The van der Waals surface area contributed by atoms with E-state index in [2.05, 4.69) is 35.1 Å². The standard InChI is InChI=1S/C15H19BrFNO/c1-10(2)8-15(6-5-14(19)18-15)9-11-3-4-12(16)13(17)7-11/h3-4,7,10H,5-6,8-9H2,1-2H3,(H,18,19). The molecule has 1 aromatic rings. The van der Waals surface area contributed by atoms with E-state index < -0.39 is 0 Å². The van der Waals surface area contributed by atoms with E-state index in [1.165, 1.54) is 0 Å². The summed E-state index contributed by atoms with van der Waals surface area (Å²) in [4.78, 5) is 11.6. The van der Waals surface area contributed by atoms with E-state index in [-0.39, 0.29) is 17.3 Å². The topological polar surface area (TPSA) is 29.1 Å². The Labute approximate surface area is 121 Å². The molecule has 1 N–H and O–H groups in total. The van der Waals surface area contributed by atoms with Crippen LogP contribution in [-0.2, 0) is 11.2 Å². The molecule has 0 saturated carbocycles. The molecule has 2 rings (SSSR count). The summed E-state index contributed by atoms with van der Waals surface area (Å²) in [7, 11) is 0. The van der Waals surface area contributed by atoms with E-state index in [9.17, 15) is 9.18 Å². The van der Waals surface area contributed by atoms with Crippen molar-refractivity contribution < 1.29 is 9.18 Å². The van der Waals surface area contributed by atoms with Crippen LogP contribution in [0.2, 0.25) is 0 Å². The normalized spacial score (nSPS) is 22.9. The number of halogens is 2. The predicted molar refractivity (Wildman–Crippen MR) is 77.4 cm³/mol. The fourth-order valence-corrected chi connectivity index (χ4v) is 3.20. The lowest BCUT2D eigenvalue weighted by Gasteiger charge is -2.31. The second-order valence-electron chi connectivity index (χ2n) is 5.85. The van der Waals surface area contributed by atoms with Crippen LogP contribution < -0.4 is 5.32 Å². The number of benzene rings is 1. The summed E-state index contributed by atoms with van der Waals surface area (Å²) in [5.74, 6) is 0.360. The van der Waals surface area contributed by atoms with Crippen LogP contribution in [0.4, 0.5) is 4.39 Å². The van der Waals surface area contributed by atoms with E-state index >= 15 is 0 Å². The van der Waals surface area contributed by atoms with Crippen molar-refractivity contribution in [3.8, 4) is 0 Å². The highest BCUT2D eigenvalue weighted by Crippen LogP contribution is 2.31. The van der Waals surface area contributed by atoms with Gasteiger partial charge in [-0.05, 0) is 58.8 Å². The third-order valence-electron chi connectivity index (χ3n) is 3.56. The second-order valence-corrected chi connectivity index (χ2v) is 6.71. The molecular formula is C15H19BrFNO. The maximum Gasteiger partial charge on any atom is 0.220 e. The van der Waals surface area contributed by atoms with Crippen molar-refractivity contribution in [1.29, 1.82) is 0 Å². The summed E-state index contributed by atoms with van der Waals surface area (Å²) in [5.41, 5.74) is 0.731. The molecule has 1 aromatic carbocycles. The smallest absolute Gasteiger partial charge is 0.220 e. The zero-order valence-electron chi connectivity index (χ0n) is 11.3. The first-order valence-corrected chi connectivity index (χ1v) is 7.44. The third-order valence-corrected chi connectivity index (χ3v) is 4.20. The van der Waals surface area contributed by atoms with Crippen molar-refractivity contribution >= 4 is 21.8 Å². The van der Waals surface area contributed by atoms with E-state index in [0.717, 1.165) is 18.4 Å². The van der Waals surface area contributed by atoms with E-state index in [1.807, 2.05) is 6.07 Å². The lowest BCUT2D eigenvalue weighted by Crippen LogP contribution is -2.44. The van der Waals surface area contributed by atoms with Gasteiger partial charge in [-0.25, -0.2) is 4.39 Å².